The number of rotatable bonds is 9. The van der Waals surface area contributed by atoms with Crippen LogP contribution in [0.5, 0.6) is 5.75 Å². The lowest BCUT2D eigenvalue weighted by molar-refractivity contribution is 0.230. The van der Waals surface area contributed by atoms with Gasteiger partial charge in [-0.25, -0.2) is 0 Å². The summed E-state index contributed by atoms with van der Waals surface area (Å²) < 4.78 is 11.8. The molecule has 0 spiro atoms. The van der Waals surface area contributed by atoms with Gasteiger partial charge in [0.05, 0.1) is 13.2 Å². The summed E-state index contributed by atoms with van der Waals surface area (Å²) in [4.78, 5) is 0. The predicted octanol–water partition coefficient (Wildman–Crippen LogP) is 6.49. The highest BCUT2D eigenvalue weighted by molar-refractivity contribution is 6.74. The summed E-state index contributed by atoms with van der Waals surface area (Å²) in [6.07, 6.45) is 3.35. The van der Waals surface area contributed by atoms with E-state index in [9.17, 15) is 0 Å². The summed E-state index contributed by atoms with van der Waals surface area (Å²) in [6, 6.07) is 8.40. The van der Waals surface area contributed by atoms with Crippen molar-refractivity contribution in [1.29, 1.82) is 0 Å². The van der Waals surface area contributed by atoms with Crippen molar-refractivity contribution in [2.75, 3.05) is 19.0 Å². The van der Waals surface area contributed by atoms with E-state index in [0.717, 1.165) is 24.5 Å². The van der Waals surface area contributed by atoms with Crippen molar-refractivity contribution in [1.82, 2.24) is 0 Å². The first kappa shape index (κ1) is 22.8. The van der Waals surface area contributed by atoms with Gasteiger partial charge >= 0.3 is 0 Å². The minimum atomic E-state index is -1.74. The summed E-state index contributed by atoms with van der Waals surface area (Å²) in [5, 5.41) is 3.94. The molecule has 4 heteroatoms. The van der Waals surface area contributed by atoms with Gasteiger partial charge in [0.2, 0.25) is 0 Å². The van der Waals surface area contributed by atoms with Crippen molar-refractivity contribution in [2.45, 2.75) is 72.1 Å². The zero-order chi connectivity index (χ0) is 20.0. The highest BCUT2D eigenvalue weighted by atomic mass is 28.4. The molecule has 0 aliphatic rings. The van der Waals surface area contributed by atoms with Gasteiger partial charge in [-0.15, -0.1) is 0 Å². The predicted molar refractivity (Wildman–Crippen MR) is 117 cm³/mol. The van der Waals surface area contributed by atoms with Gasteiger partial charge in [0.1, 0.15) is 5.75 Å². The summed E-state index contributed by atoms with van der Waals surface area (Å²) in [6.45, 7) is 19.0. The first-order valence-corrected chi connectivity index (χ1v) is 12.6. The van der Waals surface area contributed by atoms with Gasteiger partial charge in [0, 0.05) is 18.2 Å². The number of allylic oxidation sites excluding steroid dienone is 1. The Morgan fingerprint density at radius 1 is 1.19 bits per heavy atom. The van der Waals surface area contributed by atoms with Crippen LogP contribution in [0, 0.1) is 5.92 Å². The van der Waals surface area contributed by atoms with E-state index >= 15 is 0 Å². The van der Waals surface area contributed by atoms with E-state index in [0.29, 0.717) is 5.92 Å². The Hall–Kier alpha value is -1.26. The molecule has 0 saturated carbocycles. The van der Waals surface area contributed by atoms with E-state index < -0.39 is 8.32 Å². The highest BCUT2D eigenvalue weighted by Crippen LogP contribution is 2.37. The van der Waals surface area contributed by atoms with Crippen LogP contribution in [0.25, 0.3) is 0 Å². The standard InChI is InChI=1S/C22H39NO2Si/c1-10-11-17(2)21(23-19-12-14-20(24-7)15-13-19)18(3)16-25-26(8,9)22(4,5)6/h11-15,18,21,23H,10,16H2,1-9H3/b17-11+/t18-,21+/m0/s1. The van der Waals surface area contributed by atoms with Crippen molar-refractivity contribution >= 4 is 14.0 Å². The van der Waals surface area contributed by atoms with Gasteiger partial charge < -0.3 is 14.5 Å². The van der Waals surface area contributed by atoms with Crippen molar-refractivity contribution in [2.24, 2.45) is 5.92 Å². The van der Waals surface area contributed by atoms with Crippen LogP contribution in [-0.2, 0) is 4.43 Å². The molecular weight excluding hydrogens is 338 g/mol. The number of benzene rings is 1. The van der Waals surface area contributed by atoms with Crippen molar-refractivity contribution in [3.63, 3.8) is 0 Å². The van der Waals surface area contributed by atoms with Gasteiger partial charge in [0.25, 0.3) is 0 Å². The molecule has 3 nitrogen and oxygen atoms in total. The molecule has 1 aromatic rings. The fraction of sp³-hybridized carbons (Fsp3) is 0.636. The Balaban J connectivity index is 2.89. The third-order valence-electron chi connectivity index (χ3n) is 5.51. The van der Waals surface area contributed by atoms with Crippen LogP contribution in [0.3, 0.4) is 0 Å². The smallest absolute Gasteiger partial charge is 0.191 e. The summed E-state index contributed by atoms with van der Waals surface area (Å²) >= 11 is 0. The minimum Gasteiger partial charge on any atom is -0.497 e. The second-order valence-electron chi connectivity index (χ2n) is 8.76. The van der Waals surface area contributed by atoms with E-state index in [-0.39, 0.29) is 11.1 Å². The van der Waals surface area contributed by atoms with Crippen LogP contribution < -0.4 is 10.1 Å². The molecule has 0 heterocycles. The van der Waals surface area contributed by atoms with Crippen LogP contribution in [0.4, 0.5) is 5.69 Å². The van der Waals surface area contributed by atoms with Gasteiger partial charge in [-0.1, -0.05) is 46.3 Å². The first-order chi connectivity index (χ1) is 12.0. The Bertz CT molecular complexity index is 573. The lowest BCUT2D eigenvalue weighted by Crippen LogP contribution is -2.43. The summed E-state index contributed by atoms with van der Waals surface area (Å²) in [5.41, 5.74) is 2.48. The molecule has 1 N–H and O–H groups in total. The molecule has 0 radical (unpaired) electrons. The maximum absolute atomic E-state index is 6.49. The van der Waals surface area contributed by atoms with E-state index in [2.05, 4.69) is 78.2 Å². The topological polar surface area (TPSA) is 30.5 Å². The number of anilines is 1. The Labute approximate surface area is 162 Å². The summed E-state index contributed by atoms with van der Waals surface area (Å²) in [5.74, 6) is 1.26. The maximum Gasteiger partial charge on any atom is 0.191 e. The quantitative estimate of drug-likeness (QED) is 0.394. The lowest BCUT2D eigenvalue weighted by Gasteiger charge is -2.38. The average molecular weight is 378 g/mol. The molecule has 1 rings (SSSR count). The Kier molecular flexibility index (Phi) is 8.42. The van der Waals surface area contributed by atoms with Crippen molar-refractivity contribution in [3.05, 3.63) is 35.9 Å². The Morgan fingerprint density at radius 2 is 1.77 bits per heavy atom. The second kappa shape index (κ2) is 9.61. The van der Waals surface area contributed by atoms with Gasteiger partial charge in [-0.3, -0.25) is 0 Å². The second-order valence-corrected chi connectivity index (χ2v) is 13.6. The molecule has 0 aliphatic carbocycles. The molecule has 148 valence electrons. The van der Waals surface area contributed by atoms with E-state index in [1.165, 1.54) is 5.57 Å². The number of ether oxygens (including phenoxy) is 1. The number of nitrogens with one attached hydrogen (secondary N) is 1. The molecule has 0 unspecified atom stereocenters. The van der Waals surface area contributed by atoms with Crippen LogP contribution in [0.15, 0.2) is 35.9 Å². The number of hydrogen-bond donors (Lipinski definition) is 1. The molecule has 0 fully saturated rings. The fourth-order valence-corrected chi connectivity index (χ4v) is 3.79. The normalized spacial score (nSPS) is 15.5. The third-order valence-corrected chi connectivity index (χ3v) is 10.0. The highest BCUT2D eigenvalue weighted by Gasteiger charge is 2.37. The molecule has 0 aliphatic heterocycles. The van der Waals surface area contributed by atoms with Crippen LogP contribution in [-0.4, -0.2) is 28.1 Å². The molecular formula is C22H39NO2Si. The minimum absolute atomic E-state index is 0.236. The molecule has 1 aromatic carbocycles. The molecule has 0 bridgehead atoms. The first-order valence-electron chi connectivity index (χ1n) is 9.73. The SMILES string of the molecule is CC/C=C(\C)[C@@H](Nc1ccc(OC)cc1)[C@@H](C)CO[Si](C)(C)C(C)(C)C. The zero-order valence-electron chi connectivity index (χ0n) is 18.3. The fourth-order valence-electron chi connectivity index (χ4n) is 2.67. The van der Waals surface area contributed by atoms with Gasteiger partial charge in [0.15, 0.2) is 8.32 Å². The molecule has 26 heavy (non-hydrogen) atoms. The Morgan fingerprint density at radius 3 is 2.23 bits per heavy atom. The average Bonchev–Trinajstić information content (AvgIpc) is 2.57. The zero-order valence-corrected chi connectivity index (χ0v) is 19.3. The third kappa shape index (κ3) is 6.47. The molecule has 0 saturated heterocycles. The van der Waals surface area contributed by atoms with Crippen molar-refractivity contribution in [3.8, 4) is 5.75 Å². The van der Waals surface area contributed by atoms with Gasteiger partial charge in [-0.05, 0) is 55.7 Å². The molecule has 0 aromatic heterocycles. The van der Waals surface area contributed by atoms with E-state index in [4.69, 9.17) is 9.16 Å². The lowest BCUT2D eigenvalue weighted by atomic mass is 9.95. The molecule has 2 atom stereocenters. The summed E-state index contributed by atoms with van der Waals surface area (Å²) in [7, 11) is -0.0409. The van der Waals surface area contributed by atoms with Crippen LogP contribution >= 0.6 is 0 Å². The number of hydrogen-bond acceptors (Lipinski definition) is 3. The van der Waals surface area contributed by atoms with E-state index in [1.54, 1.807) is 7.11 Å². The maximum atomic E-state index is 6.49. The van der Waals surface area contributed by atoms with Crippen LogP contribution in [0.2, 0.25) is 18.1 Å². The molecule has 0 amide bonds. The largest absolute Gasteiger partial charge is 0.497 e. The van der Waals surface area contributed by atoms with Gasteiger partial charge in [-0.2, -0.15) is 0 Å². The monoisotopic (exact) mass is 377 g/mol. The van der Waals surface area contributed by atoms with Crippen LogP contribution in [0.1, 0.15) is 48.0 Å². The van der Waals surface area contributed by atoms with Crippen molar-refractivity contribution < 1.29 is 9.16 Å². The van der Waals surface area contributed by atoms with E-state index in [1.807, 2.05) is 12.1 Å². The number of methoxy groups -OCH3 is 1.